The van der Waals surface area contributed by atoms with Gasteiger partial charge < -0.3 is 0 Å². The van der Waals surface area contributed by atoms with Gasteiger partial charge in [0.15, 0.2) is 0 Å². The second-order valence-electron chi connectivity index (χ2n) is 9.01. The van der Waals surface area contributed by atoms with E-state index in [2.05, 4.69) is 57.2 Å². The van der Waals surface area contributed by atoms with Gasteiger partial charge >= 0.3 is 192 Å². The van der Waals surface area contributed by atoms with E-state index in [1.165, 1.54) is 61.0 Å². The Morgan fingerprint density at radius 2 is 1.43 bits per heavy atom. The van der Waals surface area contributed by atoms with E-state index in [1.54, 1.807) is 0 Å². The first-order chi connectivity index (χ1) is 14.6. The van der Waals surface area contributed by atoms with Gasteiger partial charge in [0.1, 0.15) is 0 Å². The molecule has 1 aromatic carbocycles. The van der Waals surface area contributed by atoms with Crippen molar-refractivity contribution in [1.29, 1.82) is 0 Å². The SMILES string of the molecule is CCC[CH2][Sn]([CH2]CCC)([CH2]CCC)/[C](=C\CCCCO)C(O)CCc1ccccc1. The van der Waals surface area contributed by atoms with Crippen LogP contribution in [-0.4, -0.2) is 41.3 Å². The fourth-order valence-electron chi connectivity index (χ4n) is 4.68. The summed E-state index contributed by atoms with van der Waals surface area (Å²) in [4.78, 5) is 0. The Labute approximate surface area is 191 Å². The van der Waals surface area contributed by atoms with Crippen LogP contribution in [0.1, 0.15) is 90.5 Å². The van der Waals surface area contributed by atoms with E-state index in [4.69, 9.17) is 0 Å². The molecular weight excluding hydrogens is 475 g/mol. The van der Waals surface area contributed by atoms with Crippen molar-refractivity contribution >= 4 is 18.4 Å². The third-order valence-electron chi connectivity index (χ3n) is 6.52. The molecule has 0 aliphatic heterocycles. The molecule has 0 aromatic heterocycles. The number of rotatable bonds is 18. The van der Waals surface area contributed by atoms with Crippen LogP contribution in [0.4, 0.5) is 0 Å². The molecule has 2 N–H and O–H groups in total. The zero-order valence-corrected chi connectivity index (χ0v) is 22.9. The van der Waals surface area contributed by atoms with Crippen LogP contribution in [0.5, 0.6) is 0 Å². The Bertz CT molecular complexity index is 533. The van der Waals surface area contributed by atoms with Crippen LogP contribution in [-0.2, 0) is 6.42 Å². The number of aliphatic hydroxyl groups excluding tert-OH is 2. The first kappa shape index (κ1) is 27.7. The zero-order valence-electron chi connectivity index (χ0n) is 20.0. The van der Waals surface area contributed by atoms with Crippen LogP contribution < -0.4 is 0 Å². The Kier molecular flexibility index (Phi) is 15.9. The quantitative estimate of drug-likeness (QED) is 0.155. The van der Waals surface area contributed by atoms with E-state index < -0.39 is 18.4 Å². The van der Waals surface area contributed by atoms with Gasteiger partial charge in [-0.3, -0.25) is 0 Å². The number of aryl methyl sites for hydroxylation is 1. The topological polar surface area (TPSA) is 40.5 Å². The van der Waals surface area contributed by atoms with Gasteiger partial charge in [0, 0.05) is 0 Å². The average molecular weight is 523 g/mol. The number of aliphatic hydroxyl groups is 2. The number of unbranched alkanes of at least 4 members (excludes halogenated alkanes) is 5. The summed E-state index contributed by atoms with van der Waals surface area (Å²) in [6.07, 6.45) is 14.6. The third-order valence-corrected chi connectivity index (χ3v) is 22.8. The molecule has 1 aromatic rings. The van der Waals surface area contributed by atoms with E-state index >= 15 is 0 Å². The number of allylic oxidation sites excluding steroid dienone is 1. The molecule has 0 bridgehead atoms. The summed E-state index contributed by atoms with van der Waals surface area (Å²) in [6.45, 7) is 7.21. The van der Waals surface area contributed by atoms with Crippen LogP contribution in [0.15, 0.2) is 40.0 Å². The third kappa shape index (κ3) is 10.3. The van der Waals surface area contributed by atoms with Gasteiger partial charge in [-0.05, 0) is 0 Å². The number of hydrogen-bond donors (Lipinski definition) is 2. The minimum absolute atomic E-state index is 0.273. The summed E-state index contributed by atoms with van der Waals surface area (Å²) in [5, 5.41) is 20.7. The number of benzene rings is 1. The molecule has 1 unspecified atom stereocenters. The van der Waals surface area contributed by atoms with Gasteiger partial charge in [0.25, 0.3) is 0 Å². The molecule has 0 aliphatic rings. The fraction of sp³-hybridized carbons (Fsp3) is 0.704. The summed E-state index contributed by atoms with van der Waals surface area (Å²) in [5.41, 5.74) is 1.33. The molecule has 172 valence electrons. The first-order valence-corrected chi connectivity index (χ1v) is 20.1. The molecule has 30 heavy (non-hydrogen) atoms. The van der Waals surface area contributed by atoms with Crippen molar-refractivity contribution in [2.75, 3.05) is 6.61 Å². The fourth-order valence-corrected chi connectivity index (χ4v) is 22.2. The monoisotopic (exact) mass is 524 g/mol. The molecule has 1 rings (SSSR count). The molecule has 0 aliphatic carbocycles. The molecule has 0 heterocycles. The van der Waals surface area contributed by atoms with Crippen molar-refractivity contribution < 1.29 is 10.2 Å². The summed E-state index contributed by atoms with van der Waals surface area (Å²) in [5.74, 6) is 0. The second-order valence-corrected chi connectivity index (χ2v) is 22.2. The molecule has 3 heteroatoms. The van der Waals surface area contributed by atoms with E-state index in [-0.39, 0.29) is 12.7 Å². The Hall–Kier alpha value is -0.321. The van der Waals surface area contributed by atoms with Crippen LogP contribution >= 0.6 is 0 Å². The standard InChI is InChI=1S/C15H21O2.3C4H9.Sn/c16-13-7-2-1-6-10-15(17)12-11-14-8-4-3-5-9-14;3*1-3-4-2;/h3-6,8-9,15-17H,1-2,7,11-13H2;3*1,3-4H2,2H3;. The van der Waals surface area contributed by atoms with Gasteiger partial charge in [-0.15, -0.1) is 0 Å². The van der Waals surface area contributed by atoms with Gasteiger partial charge in [-0.2, -0.15) is 0 Å². The molecule has 0 radical (unpaired) electrons. The minimum atomic E-state index is -2.64. The van der Waals surface area contributed by atoms with Crippen molar-refractivity contribution in [1.82, 2.24) is 0 Å². The summed E-state index contributed by atoms with van der Waals surface area (Å²) >= 11 is -2.64. The van der Waals surface area contributed by atoms with Crippen LogP contribution in [0, 0.1) is 0 Å². The Morgan fingerprint density at radius 1 is 0.867 bits per heavy atom. The summed E-state index contributed by atoms with van der Waals surface area (Å²) in [6, 6.07) is 10.6. The van der Waals surface area contributed by atoms with Crippen molar-refractivity contribution in [2.45, 2.75) is 111 Å². The molecule has 0 spiro atoms. The normalized spacial score (nSPS) is 13.6. The van der Waals surface area contributed by atoms with Crippen LogP contribution in [0.25, 0.3) is 0 Å². The van der Waals surface area contributed by atoms with E-state index in [0.717, 1.165) is 32.1 Å². The second kappa shape index (κ2) is 17.3. The maximum absolute atomic E-state index is 11.5. The van der Waals surface area contributed by atoms with E-state index in [9.17, 15) is 10.2 Å². The zero-order chi connectivity index (χ0) is 22.1. The molecule has 1 atom stereocenters. The molecular formula is C27H48O2Sn. The van der Waals surface area contributed by atoms with Crippen molar-refractivity contribution in [2.24, 2.45) is 0 Å². The summed E-state index contributed by atoms with van der Waals surface area (Å²) < 4.78 is 5.73. The molecule has 2 nitrogen and oxygen atoms in total. The predicted octanol–water partition coefficient (Wildman–Crippen LogP) is 7.46. The maximum atomic E-state index is 11.5. The van der Waals surface area contributed by atoms with Crippen molar-refractivity contribution in [3.63, 3.8) is 0 Å². The van der Waals surface area contributed by atoms with Crippen molar-refractivity contribution in [3.05, 3.63) is 45.6 Å². The number of hydrogen-bond acceptors (Lipinski definition) is 2. The van der Waals surface area contributed by atoms with Gasteiger partial charge in [0.2, 0.25) is 0 Å². The average Bonchev–Trinajstić information content (AvgIpc) is 2.78. The Balaban J connectivity index is 3.13. The molecule has 0 saturated heterocycles. The Morgan fingerprint density at radius 3 is 1.93 bits per heavy atom. The van der Waals surface area contributed by atoms with Crippen LogP contribution in [0.2, 0.25) is 13.3 Å². The van der Waals surface area contributed by atoms with E-state index in [1.807, 2.05) is 0 Å². The van der Waals surface area contributed by atoms with Crippen molar-refractivity contribution in [3.8, 4) is 0 Å². The van der Waals surface area contributed by atoms with Gasteiger partial charge in [-0.1, -0.05) is 0 Å². The summed E-state index contributed by atoms with van der Waals surface area (Å²) in [7, 11) is 0. The van der Waals surface area contributed by atoms with E-state index in [0.29, 0.717) is 0 Å². The van der Waals surface area contributed by atoms with Gasteiger partial charge in [-0.25, -0.2) is 0 Å². The molecule has 0 amide bonds. The molecule has 0 fully saturated rings. The predicted molar refractivity (Wildman–Crippen MR) is 135 cm³/mol. The molecule has 0 saturated carbocycles. The first-order valence-electron chi connectivity index (χ1n) is 12.7. The van der Waals surface area contributed by atoms with Crippen LogP contribution in [0.3, 0.4) is 0 Å². The van der Waals surface area contributed by atoms with Gasteiger partial charge in [0.05, 0.1) is 0 Å².